The minimum absolute atomic E-state index is 0.0831. The van der Waals surface area contributed by atoms with Crippen LogP contribution < -0.4 is 0 Å². The molecule has 0 unspecified atom stereocenters. The summed E-state index contributed by atoms with van der Waals surface area (Å²) < 4.78 is 2.18. The quantitative estimate of drug-likeness (QED) is 0.458. The van der Waals surface area contributed by atoms with Crippen molar-refractivity contribution in [2.24, 2.45) is 0 Å². The van der Waals surface area contributed by atoms with Crippen LogP contribution in [0.5, 0.6) is 0 Å². The molecule has 2 heteroatoms. The second-order valence-electron chi connectivity index (χ2n) is 5.83. The molecule has 0 amide bonds. The number of hydrogen-bond donors (Lipinski definition) is 0. The van der Waals surface area contributed by atoms with E-state index in [9.17, 15) is 4.79 Å². The molecule has 0 saturated heterocycles. The average Bonchev–Trinajstić information content (AvgIpc) is 2.98. The van der Waals surface area contributed by atoms with Crippen molar-refractivity contribution in [2.45, 2.75) is 6.92 Å². The van der Waals surface area contributed by atoms with Crippen LogP contribution in [0.1, 0.15) is 17.3 Å². The van der Waals surface area contributed by atoms with Crippen LogP contribution in [0, 0.1) is 0 Å². The van der Waals surface area contributed by atoms with Crippen LogP contribution in [-0.4, -0.2) is 10.4 Å². The molecule has 0 aliphatic heterocycles. The largest absolute Gasteiger partial charge is 0.309 e. The van der Waals surface area contributed by atoms with Gasteiger partial charge in [0.05, 0.1) is 16.8 Å². The van der Waals surface area contributed by atoms with Crippen molar-refractivity contribution in [3.05, 3.63) is 90.5 Å². The molecule has 1 aromatic heterocycles. The zero-order valence-electron chi connectivity index (χ0n) is 13.4. The lowest BCUT2D eigenvalue weighted by Crippen LogP contribution is -2.00. The molecule has 4 aromatic rings. The number of benzene rings is 3. The van der Waals surface area contributed by atoms with E-state index < -0.39 is 0 Å². The van der Waals surface area contributed by atoms with E-state index >= 15 is 0 Å². The monoisotopic (exact) mass is 311 g/mol. The highest BCUT2D eigenvalue weighted by molar-refractivity contribution is 6.13. The molecule has 24 heavy (non-hydrogen) atoms. The van der Waals surface area contributed by atoms with Gasteiger partial charge in [-0.25, -0.2) is 0 Å². The van der Waals surface area contributed by atoms with Crippen LogP contribution >= 0.6 is 0 Å². The van der Waals surface area contributed by atoms with E-state index in [-0.39, 0.29) is 5.78 Å². The van der Waals surface area contributed by atoms with E-state index in [1.807, 2.05) is 54.6 Å². The van der Waals surface area contributed by atoms with Crippen molar-refractivity contribution in [1.29, 1.82) is 0 Å². The second-order valence-corrected chi connectivity index (χ2v) is 5.83. The van der Waals surface area contributed by atoms with Gasteiger partial charge in [-0.05, 0) is 30.7 Å². The number of ketones is 1. The Bertz CT molecular complexity index is 1010. The molecule has 0 fully saturated rings. The molecule has 0 radical (unpaired) electrons. The molecular weight excluding hydrogens is 294 g/mol. The van der Waals surface area contributed by atoms with Gasteiger partial charge in [0, 0.05) is 11.1 Å². The molecule has 0 spiro atoms. The van der Waals surface area contributed by atoms with Crippen molar-refractivity contribution < 1.29 is 4.79 Å². The van der Waals surface area contributed by atoms with Gasteiger partial charge in [0.2, 0.25) is 0 Å². The molecule has 0 N–H and O–H groups in total. The van der Waals surface area contributed by atoms with Gasteiger partial charge in [0.15, 0.2) is 5.78 Å². The molecule has 0 atom stereocenters. The number of hydrogen-bond acceptors (Lipinski definition) is 1. The molecule has 0 bridgehead atoms. The Labute approximate surface area is 141 Å². The van der Waals surface area contributed by atoms with Crippen molar-refractivity contribution in [3.8, 4) is 16.9 Å². The maximum atomic E-state index is 12.5. The number of Topliss-reactive ketones (excluding diaryl/α,β-unsaturated/α-hetero) is 1. The van der Waals surface area contributed by atoms with Gasteiger partial charge in [0.1, 0.15) is 0 Å². The van der Waals surface area contributed by atoms with Gasteiger partial charge in [-0.2, -0.15) is 0 Å². The molecule has 4 rings (SSSR count). The highest BCUT2D eigenvalue weighted by Gasteiger charge is 2.21. The normalized spacial score (nSPS) is 10.9. The Morgan fingerprint density at radius 1 is 0.750 bits per heavy atom. The first-order chi connectivity index (χ1) is 11.8. The summed E-state index contributed by atoms with van der Waals surface area (Å²) in [4.78, 5) is 12.5. The highest BCUT2D eigenvalue weighted by Crippen LogP contribution is 2.36. The van der Waals surface area contributed by atoms with Gasteiger partial charge in [-0.15, -0.1) is 0 Å². The lowest BCUT2D eigenvalue weighted by atomic mass is 10.0. The number of aromatic nitrogens is 1. The van der Waals surface area contributed by atoms with E-state index in [0.29, 0.717) is 0 Å². The summed E-state index contributed by atoms with van der Waals surface area (Å²) >= 11 is 0. The Balaban J connectivity index is 2.19. The maximum Gasteiger partial charge on any atom is 0.162 e. The maximum absolute atomic E-state index is 12.5. The smallest absolute Gasteiger partial charge is 0.162 e. The van der Waals surface area contributed by atoms with Crippen molar-refractivity contribution in [3.63, 3.8) is 0 Å². The number of carbonyl (C=O) groups excluding carboxylic acids is 1. The summed E-state index contributed by atoms with van der Waals surface area (Å²) in [5.41, 5.74) is 4.88. The third-order valence-corrected chi connectivity index (χ3v) is 4.29. The van der Waals surface area contributed by atoms with Gasteiger partial charge in [-0.3, -0.25) is 4.79 Å². The summed E-state index contributed by atoms with van der Waals surface area (Å²) in [6.07, 6.45) is 0. The predicted molar refractivity (Wildman–Crippen MR) is 98.7 cm³/mol. The summed E-state index contributed by atoms with van der Waals surface area (Å²) in [7, 11) is 0. The standard InChI is InChI=1S/C22H17NO/c1-16(24)21-19-14-8-9-15-20(19)23(18-12-6-3-7-13-18)22(21)17-10-4-2-5-11-17/h2-15H,1H3. The minimum Gasteiger partial charge on any atom is -0.309 e. The first-order valence-electron chi connectivity index (χ1n) is 8.02. The lowest BCUT2D eigenvalue weighted by molar-refractivity contribution is 0.102. The Morgan fingerprint density at radius 2 is 1.33 bits per heavy atom. The van der Waals surface area contributed by atoms with Gasteiger partial charge in [0.25, 0.3) is 0 Å². The summed E-state index contributed by atoms with van der Waals surface area (Å²) in [6.45, 7) is 1.64. The van der Waals surface area contributed by atoms with Crippen LogP contribution in [0.3, 0.4) is 0 Å². The van der Waals surface area contributed by atoms with E-state index in [1.165, 1.54) is 0 Å². The molecule has 2 nitrogen and oxygen atoms in total. The number of nitrogens with zero attached hydrogens (tertiary/aromatic N) is 1. The number of para-hydroxylation sites is 2. The second kappa shape index (κ2) is 5.82. The third kappa shape index (κ3) is 2.24. The average molecular weight is 311 g/mol. The number of fused-ring (bicyclic) bond motifs is 1. The Kier molecular flexibility index (Phi) is 3.51. The Hall–Kier alpha value is -3.13. The van der Waals surface area contributed by atoms with E-state index in [4.69, 9.17) is 0 Å². The van der Waals surface area contributed by atoms with Gasteiger partial charge in [-0.1, -0.05) is 66.7 Å². The van der Waals surface area contributed by atoms with Crippen LogP contribution in [-0.2, 0) is 0 Å². The number of carbonyl (C=O) groups is 1. The van der Waals surface area contributed by atoms with Gasteiger partial charge < -0.3 is 4.57 Å². The van der Waals surface area contributed by atoms with Crippen LogP contribution in [0.4, 0.5) is 0 Å². The van der Waals surface area contributed by atoms with Gasteiger partial charge >= 0.3 is 0 Å². The number of rotatable bonds is 3. The zero-order chi connectivity index (χ0) is 16.5. The van der Waals surface area contributed by atoms with Crippen LogP contribution in [0.2, 0.25) is 0 Å². The molecule has 3 aromatic carbocycles. The van der Waals surface area contributed by atoms with Crippen molar-refractivity contribution in [1.82, 2.24) is 4.57 Å². The first kappa shape index (κ1) is 14.5. The molecule has 116 valence electrons. The molecule has 0 saturated carbocycles. The first-order valence-corrected chi connectivity index (χ1v) is 8.02. The summed E-state index contributed by atoms with van der Waals surface area (Å²) in [5.74, 6) is 0.0831. The topological polar surface area (TPSA) is 22.0 Å². The fourth-order valence-electron chi connectivity index (χ4n) is 3.31. The highest BCUT2D eigenvalue weighted by atomic mass is 16.1. The minimum atomic E-state index is 0.0831. The Morgan fingerprint density at radius 3 is 2.00 bits per heavy atom. The molecule has 0 aliphatic carbocycles. The lowest BCUT2D eigenvalue weighted by Gasteiger charge is -2.12. The zero-order valence-corrected chi connectivity index (χ0v) is 13.4. The predicted octanol–water partition coefficient (Wildman–Crippen LogP) is 5.50. The van der Waals surface area contributed by atoms with Crippen molar-refractivity contribution >= 4 is 16.7 Å². The third-order valence-electron chi connectivity index (χ3n) is 4.29. The molecule has 1 heterocycles. The summed E-state index contributed by atoms with van der Waals surface area (Å²) in [5, 5.41) is 0.993. The van der Waals surface area contributed by atoms with E-state index in [0.717, 1.165) is 33.4 Å². The van der Waals surface area contributed by atoms with E-state index in [1.54, 1.807) is 6.92 Å². The fourth-order valence-corrected chi connectivity index (χ4v) is 3.31. The van der Waals surface area contributed by atoms with E-state index in [2.05, 4.69) is 34.9 Å². The van der Waals surface area contributed by atoms with Crippen LogP contribution in [0.25, 0.3) is 27.8 Å². The molecular formula is C22H17NO. The van der Waals surface area contributed by atoms with Crippen LogP contribution in [0.15, 0.2) is 84.9 Å². The molecule has 0 aliphatic rings. The summed E-state index contributed by atoms with van der Waals surface area (Å²) in [6, 6.07) is 28.4. The fraction of sp³-hybridized carbons (Fsp3) is 0.0455. The SMILES string of the molecule is CC(=O)c1c(-c2ccccc2)n(-c2ccccc2)c2ccccc12. The van der Waals surface area contributed by atoms with Crippen molar-refractivity contribution in [2.75, 3.05) is 0 Å².